The van der Waals surface area contributed by atoms with E-state index in [0.717, 1.165) is 41.3 Å². The van der Waals surface area contributed by atoms with E-state index in [0.29, 0.717) is 0 Å². The number of aliphatic hydroxyl groups is 1. The summed E-state index contributed by atoms with van der Waals surface area (Å²) in [5, 5.41) is 12.9. The lowest BCUT2D eigenvalue weighted by atomic mass is 9.88. The molecule has 2 nitrogen and oxygen atoms in total. The highest BCUT2D eigenvalue weighted by Gasteiger charge is 2.27. The Bertz CT molecular complexity index is 558. The van der Waals surface area contributed by atoms with Gasteiger partial charge in [0.2, 0.25) is 0 Å². The fourth-order valence-electron chi connectivity index (χ4n) is 2.54. The quantitative estimate of drug-likeness (QED) is 0.869. The normalized spacial score (nSPS) is 14.3. The van der Waals surface area contributed by atoms with Crippen molar-refractivity contribution in [3.05, 3.63) is 42.0 Å². The summed E-state index contributed by atoms with van der Waals surface area (Å²) >= 11 is 0. The Hall–Kier alpha value is -1.54. The molecule has 0 aromatic heterocycles. The van der Waals surface area contributed by atoms with Gasteiger partial charge in [0, 0.05) is 10.9 Å². The zero-order valence-corrected chi connectivity index (χ0v) is 11.9. The van der Waals surface area contributed by atoms with Crippen LogP contribution in [0.1, 0.15) is 38.7 Å². The smallest absolute Gasteiger partial charge is 0.132 e. The number of benzene rings is 2. The molecule has 0 radical (unpaired) electrons. The average molecular weight is 258 g/mol. The van der Waals surface area contributed by atoms with E-state index in [1.54, 1.807) is 7.11 Å². The largest absolute Gasteiger partial charge is 0.496 e. The van der Waals surface area contributed by atoms with Crippen molar-refractivity contribution in [2.24, 2.45) is 0 Å². The summed E-state index contributed by atoms with van der Waals surface area (Å²) in [4.78, 5) is 0. The van der Waals surface area contributed by atoms with E-state index in [1.807, 2.05) is 37.3 Å². The van der Waals surface area contributed by atoms with Crippen LogP contribution in [0.15, 0.2) is 36.4 Å². The van der Waals surface area contributed by atoms with Gasteiger partial charge in [-0.25, -0.2) is 0 Å². The molecule has 2 heteroatoms. The maximum absolute atomic E-state index is 10.7. The van der Waals surface area contributed by atoms with Gasteiger partial charge in [-0.1, -0.05) is 56.2 Å². The molecule has 2 aromatic rings. The zero-order chi connectivity index (χ0) is 13.9. The predicted molar refractivity (Wildman–Crippen MR) is 79.6 cm³/mol. The van der Waals surface area contributed by atoms with Gasteiger partial charge in [-0.3, -0.25) is 0 Å². The molecule has 0 aliphatic rings. The highest BCUT2D eigenvalue weighted by atomic mass is 16.5. The third kappa shape index (κ3) is 2.74. The summed E-state index contributed by atoms with van der Waals surface area (Å²) in [6.45, 7) is 4.00. The molecule has 2 rings (SSSR count). The molecule has 0 heterocycles. The molecule has 0 bridgehead atoms. The molecule has 102 valence electrons. The van der Waals surface area contributed by atoms with Crippen LogP contribution < -0.4 is 4.74 Å². The van der Waals surface area contributed by atoms with Crippen LogP contribution in [0.4, 0.5) is 0 Å². The molecular weight excluding hydrogens is 236 g/mol. The number of hydrogen-bond donors (Lipinski definition) is 1. The van der Waals surface area contributed by atoms with Crippen molar-refractivity contribution in [1.82, 2.24) is 0 Å². The van der Waals surface area contributed by atoms with E-state index in [2.05, 4.69) is 13.0 Å². The van der Waals surface area contributed by atoms with Crippen LogP contribution in [0.3, 0.4) is 0 Å². The first-order chi connectivity index (χ1) is 9.10. The van der Waals surface area contributed by atoms with Crippen molar-refractivity contribution >= 4 is 10.8 Å². The van der Waals surface area contributed by atoms with Crippen molar-refractivity contribution < 1.29 is 9.84 Å². The van der Waals surface area contributed by atoms with Crippen LogP contribution >= 0.6 is 0 Å². The highest BCUT2D eigenvalue weighted by Crippen LogP contribution is 2.38. The summed E-state index contributed by atoms with van der Waals surface area (Å²) in [6.07, 6.45) is 2.83. The first-order valence-corrected chi connectivity index (χ1v) is 6.88. The maximum Gasteiger partial charge on any atom is 0.132 e. The average Bonchev–Trinajstić information content (AvgIpc) is 2.43. The fourth-order valence-corrected chi connectivity index (χ4v) is 2.54. The van der Waals surface area contributed by atoms with E-state index in [-0.39, 0.29) is 0 Å². The van der Waals surface area contributed by atoms with Gasteiger partial charge in [0.25, 0.3) is 0 Å². The Balaban J connectivity index is 2.54. The molecule has 1 atom stereocenters. The molecule has 0 spiro atoms. The van der Waals surface area contributed by atoms with Crippen LogP contribution in [0.5, 0.6) is 5.75 Å². The summed E-state index contributed by atoms with van der Waals surface area (Å²) in [7, 11) is 1.67. The van der Waals surface area contributed by atoms with Crippen LogP contribution in [-0.4, -0.2) is 12.2 Å². The van der Waals surface area contributed by atoms with Gasteiger partial charge in [-0.15, -0.1) is 0 Å². The lowest BCUT2D eigenvalue weighted by Gasteiger charge is -2.26. The molecular formula is C17H22O2. The third-order valence-corrected chi connectivity index (χ3v) is 3.68. The molecule has 0 aliphatic heterocycles. The third-order valence-electron chi connectivity index (χ3n) is 3.68. The Labute approximate surface area is 115 Å². The molecule has 0 fully saturated rings. The van der Waals surface area contributed by atoms with Crippen molar-refractivity contribution in [2.75, 3.05) is 7.11 Å². The number of rotatable bonds is 5. The van der Waals surface area contributed by atoms with Gasteiger partial charge in [-0.2, -0.15) is 0 Å². The minimum Gasteiger partial charge on any atom is -0.496 e. The Kier molecular flexibility index (Phi) is 4.11. The number of hydrogen-bond acceptors (Lipinski definition) is 2. The second-order valence-corrected chi connectivity index (χ2v) is 5.24. The van der Waals surface area contributed by atoms with E-state index in [1.165, 1.54) is 0 Å². The molecule has 19 heavy (non-hydrogen) atoms. The Morgan fingerprint density at radius 3 is 2.58 bits per heavy atom. The number of fused-ring (bicyclic) bond motifs is 1. The number of ether oxygens (including phenoxy) is 1. The van der Waals surface area contributed by atoms with E-state index < -0.39 is 5.60 Å². The first kappa shape index (κ1) is 13.9. The predicted octanol–water partition coefficient (Wildman–Crippen LogP) is 4.25. The van der Waals surface area contributed by atoms with Gasteiger partial charge in [0.05, 0.1) is 12.7 Å². The molecule has 0 amide bonds. The second kappa shape index (κ2) is 5.62. The maximum atomic E-state index is 10.7. The topological polar surface area (TPSA) is 29.5 Å². The Morgan fingerprint density at radius 2 is 1.89 bits per heavy atom. The van der Waals surface area contributed by atoms with Gasteiger partial charge in [0.15, 0.2) is 0 Å². The summed E-state index contributed by atoms with van der Waals surface area (Å²) in [5.74, 6) is 0.791. The lowest BCUT2D eigenvalue weighted by molar-refractivity contribution is 0.0431. The van der Waals surface area contributed by atoms with Crippen molar-refractivity contribution in [3.8, 4) is 5.75 Å². The molecule has 0 saturated heterocycles. The summed E-state index contributed by atoms with van der Waals surface area (Å²) in [5.41, 5.74) is 0.0351. The van der Waals surface area contributed by atoms with E-state index >= 15 is 0 Å². The van der Waals surface area contributed by atoms with Crippen molar-refractivity contribution in [3.63, 3.8) is 0 Å². The second-order valence-electron chi connectivity index (χ2n) is 5.24. The SMILES string of the molecule is CCCCC(C)(O)c1ccc2ccccc2c1OC. The standard InChI is InChI=1S/C17H22O2/c1-4-5-12-17(2,18)15-11-10-13-8-6-7-9-14(13)16(15)19-3/h6-11,18H,4-5,12H2,1-3H3. The molecule has 0 saturated carbocycles. The molecule has 0 aliphatic carbocycles. The zero-order valence-electron chi connectivity index (χ0n) is 11.9. The Morgan fingerprint density at radius 1 is 1.16 bits per heavy atom. The van der Waals surface area contributed by atoms with Crippen molar-refractivity contribution in [1.29, 1.82) is 0 Å². The number of unbranched alkanes of at least 4 members (excludes halogenated alkanes) is 1. The molecule has 1 N–H and O–H groups in total. The van der Waals surface area contributed by atoms with Crippen LogP contribution in [0, 0.1) is 0 Å². The monoisotopic (exact) mass is 258 g/mol. The van der Waals surface area contributed by atoms with E-state index in [9.17, 15) is 5.11 Å². The van der Waals surface area contributed by atoms with Gasteiger partial charge in [-0.05, 0) is 18.7 Å². The van der Waals surface area contributed by atoms with Crippen LogP contribution in [0.25, 0.3) is 10.8 Å². The van der Waals surface area contributed by atoms with Crippen LogP contribution in [0.2, 0.25) is 0 Å². The summed E-state index contributed by atoms with van der Waals surface area (Å²) < 4.78 is 5.56. The van der Waals surface area contributed by atoms with Gasteiger partial charge >= 0.3 is 0 Å². The number of methoxy groups -OCH3 is 1. The minimum absolute atomic E-state index is 0.748. The summed E-state index contributed by atoms with van der Waals surface area (Å²) in [6, 6.07) is 12.1. The van der Waals surface area contributed by atoms with E-state index in [4.69, 9.17) is 4.74 Å². The first-order valence-electron chi connectivity index (χ1n) is 6.88. The minimum atomic E-state index is -0.842. The molecule has 2 aromatic carbocycles. The van der Waals surface area contributed by atoms with Crippen molar-refractivity contribution in [2.45, 2.75) is 38.7 Å². The lowest BCUT2D eigenvalue weighted by Crippen LogP contribution is -2.22. The van der Waals surface area contributed by atoms with Gasteiger partial charge in [0.1, 0.15) is 5.75 Å². The fraction of sp³-hybridized carbons (Fsp3) is 0.412. The van der Waals surface area contributed by atoms with Gasteiger partial charge < -0.3 is 9.84 Å². The highest BCUT2D eigenvalue weighted by molar-refractivity contribution is 5.89. The molecule has 1 unspecified atom stereocenters. The van der Waals surface area contributed by atoms with Crippen LogP contribution in [-0.2, 0) is 5.60 Å².